The van der Waals surface area contributed by atoms with E-state index in [2.05, 4.69) is 34.7 Å². The highest BCUT2D eigenvalue weighted by molar-refractivity contribution is 6.00. The summed E-state index contributed by atoms with van der Waals surface area (Å²) in [5, 5.41) is 0. The first-order valence-corrected chi connectivity index (χ1v) is 9.12. The van der Waals surface area contributed by atoms with Gasteiger partial charge in [0.15, 0.2) is 0 Å². The first kappa shape index (κ1) is 18.8. The number of carbonyl (C=O) groups excluding carboxylic acids is 2. The molecular weight excluding hydrogens is 342 g/mol. The highest BCUT2D eigenvalue weighted by Gasteiger charge is 2.35. The topological polar surface area (TPSA) is 87.2 Å². The lowest BCUT2D eigenvalue weighted by atomic mass is 10.0. The number of carbonyl (C=O) groups is 2. The van der Waals surface area contributed by atoms with Gasteiger partial charge in [0.1, 0.15) is 0 Å². The monoisotopic (exact) mass is 367 g/mol. The zero-order chi connectivity index (χ0) is 19.6. The molecule has 2 aromatic rings. The van der Waals surface area contributed by atoms with E-state index in [1.54, 1.807) is 4.90 Å². The molecule has 0 aliphatic carbocycles. The summed E-state index contributed by atoms with van der Waals surface area (Å²) in [4.78, 5) is 35.0. The molecule has 1 aliphatic rings. The van der Waals surface area contributed by atoms with E-state index in [1.807, 2.05) is 44.2 Å². The third-order valence-corrected chi connectivity index (χ3v) is 4.62. The van der Waals surface area contributed by atoms with Gasteiger partial charge in [-0.15, -0.1) is 0 Å². The summed E-state index contributed by atoms with van der Waals surface area (Å²) in [6, 6.07) is 9.78. The minimum Gasteiger partial charge on any atom is -0.312 e. The van der Waals surface area contributed by atoms with Gasteiger partial charge in [0.25, 0.3) is 0 Å². The van der Waals surface area contributed by atoms with Crippen molar-refractivity contribution in [3.63, 3.8) is 0 Å². The third kappa shape index (κ3) is 4.42. The summed E-state index contributed by atoms with van der Waals surface area (Å²) in [7, 11) is 0. The largest absolute Gasteiger partial charge is 0.312 e. The van der Waals surface area contributed by atoms with E-state index >= 15 is 0 Å². The van der Waals surface area contributed by atoms with E-state index in [1.165, 1.54) is 5.56 Å². The van der Waals surface area contributed by atoms with E-state index in [0.29, 0.717) is 18.4 Å². The molecule has 1 saturated heterocycles. The quantitative estimate of drug-likeness (QED) is 0.794. The van der Waals surface area contributed by atoms with Crippen molar-refractivity contribution < 1.29 is 9.59 Å². The normalized spacial score (nSPS) is 16.7. The zero-order valence-electron chi connectivity index (χ0n) is 16.1. The Balaban J connectivity index is 1.64. The van der Waals surface area contributed by atoms with Crippen LogP contribution in [0.5, 0.6) is 0 Å². The van der Waals surface area contributed by atoms with Gasteiger partial charge < -0.3 is 4.90 Å². The number of amides is 2. The van der Waals surface area contributed by atoms with E-state index in [0.717, 1.165) is 17.1 Å². The summed E-state index contributed by atoms with van der Waals surface area (Å²) in [5.74, 6) is 0.0151. The highest BCUT2D eigenvalue weighted by Crippen LogP contribution is 2.27. The molecule has 2 amide bonds. The van der Waals surface area contributed by atoms with Gasteiger partial charge >= 0.3 is 0 Å². The Morgan fingerprint density at radius 1 is 1.19 bits per heavy atom. The molecule has 3 rings (SSSR count). The third-order valence-electron chi connectivity index (χ3n) is 4.62. The van der Waals surface area contributed by atoms with Crippen LogP contribution < -0.4 is 15.8 Å². The van der Waals surface area contributed by atoms with Crippen LogP contribution >= 0.6 is 0 Å². The highest BCUT2D eigenvalue weighted by atomic mass is 16.2. The van der Waals surface area contributed by atoms with Crippen LogP contribution in [-0.4, -0.2) is 28.3 Å². The van der Waals surface area contributed by atoms with Gasteiger partial charge in [0, 0.05) is 30.0 Å². The minimum atomic E-state index is -0.418. The van der Waals surface area contributed by atoms with Crippen molar-refractivity contribution in [1.29, 1.82) is 0 Å². The fourth-order valence-electron chi connectivity index (χ4n) is 3.19. The molecule has 0 unspecified atom stereocenters. The van der Waals surface area contributed by atoms with Gasteiger partial charge in [-0.1, -0.05) is 26.0 Å². The number of nitrogens with zero attached hydrogens (tertiary/aromatic N) is 3. The molecule has 27 heavy (non-hydrogen) atoms. The molecular formula is C20H25N5O2. The molecule has 7 nitrogen and oxygen atoms in total. The Morgan fingerprint density at radius 2 is 1.89 bits per heavy atom. The van der Waals surface area contributed by atoms with Crippen LogP contribution in [0.4, 0.5) is 11.6 Å². The van der Waals surface area contributed by atoms with Crippen LogP contribution in [0.25, 0.3) is 0 Å². The van der Waals surface area contributed by atoms with Crippen LogP contribution in [0.1, 0.15) is 43.1 Å². The fraction of sp³-hybridized carbons (Fsp3) is 0.400. The predicted molar refractivity (Wildman–Crippen MR) is 104 cm³/mol. The average Bonchev–Trinajstić information content (AvgIpc) is 3.01. The molecule has 1 aliphatic heterocycles. The SMILES string of the molecule is Cc1cc(C)nc(NNC(=O)[C@H]2CC(=O)N(c3cccc(C(C)C)c3)C2)n1. The van der Waals surface area contributed by atoms with Gasteiger partial charge in [-0.25, -0.2) is 9.97 Å². The number of benzene rings is 1. The molecule has 0 bridgehead atoms. The summed E-state index contributed by atoms with van der Waals surface area (Å²) >= 11 is 0. The standard InChI is InChI=1S/C20H25N5O2/c1-12(2)15-6-5-7-17(9-15)25-11-16(10-18(25)26)19(27)23-24-20-21-13(3)8-14(4)22-20/h5-9,12,16H,10-11H2,1-4H3,(H,23,27)(H,21,22,24)/t16-/m0/s1. The van der Waals surface area contributed by atoms with E-state index in [9.17, 15) is 9.59 Å². The van der Waals surface area contributed by atoms with Crippen molar-refractivity contribution in [2.24, 2.45) is 5.92 Å². The zero-order valence-corrected chi connectivity index (χ0v) is 16.1. The molecule has 2 N–H and O–H groups in total. The summed E-state index contributed by atoms with van der Waals surface area (Å²) < 4.78 is 0. The number of hydrogen-bond acceptors (Lipinski definition) is 5. The molecule has 1 aromatic carbocycles. The number of aryl methyl sites for hydroxylation is 2. The van der Waals surface area contributed by atoms with Crippen molar-refractivity contribution >= 4 is 23.5 Å². The second-order valence-corrected chi connectivity index (χ2v) is 7.24. The van der Waals surface area contributed by atoms with Gasteiger partial charge in [-0.05, 0) is 43.5 Å². The Bertz CT molecular complexity index is 845. The second kappa shape index (κ2) is 7.73. The maximum absolute atomic E-state index is 12.5. The van der Waals surface area contributed by atoms with Crippen LogP contribution in [0.3, 0.4) is 0 Å². The van der Waals surface area contributed by atoms with Crippen molar-refractivity contribution in [2.45, 2.75) is 40.0 Å². The predicted octanol–water partition coefficient (Wildman–Crippen LogP) is 2.71. The fourth-order valence-corrected chi connectivity index (χ4v) is 3.19. The maximum Gasteiger partial charge on any atom is 0.243 e. The number of anilines is 2. The lowest BCUT2D eigenvalue weighted by molar-refractivity contribution is -0.125. The minimum absolute atomic E-state index is 0.0429. The van der Waals surface area contributed by atoms with E-state index < -0.39 is 5.92 Å². The van der Waals surface area contributed by atoms with Gasteiger partial charge in [-0.3, -0.25) is 20.4 Å². The first-order chi connectivity index (χ1) is 12.8. The Hall–Kier alpha value is -2.96. The van der Waals surface area contributed by atoms with Gasteiger partial charge in [0.2, 0.25) is 17.8 Å². The first-order valence-electron chi connectivity index (χ1n) is 9.12. The molecule has 142 valence electrons. The van der Waals surface area contributed by atoms with Crippen LogP contribution in [0.2, 0.25) is 0 Å². The number of rotatable bonds is 5. The van der Waals surface area contributed by atoms with E-state index in [4.69, 9.17) is 0 Å². The molecule has 1 fully saturated rings. The molecule has 0 radical (unpaired) electrons. The Morgan fingerprint density at radius 3 is 2.56 bits per heavy atom. The number of hydrazine groups is 1. The van der Waals surface area contributed by atoms with E-state index in [-0.39, 0.29) is 18.2 Å². The van der Waals surface area contributed by atoms with Crippen molar-refractivity contribution in [3.8, 4) is 0 Å². The average molecular weight is 367 g/mol. The summed E-state index contributed by atoms with van der Waals surface area (Å²) in [5.41, 5.74) is 9.00. The van der Waals surface area contributed by atoms with Gasteiger partial charge in [-0.2, -0.15) is 0 Å². The van der Waals surface area contributed by atoms with Gasteiger partial charge in [0.05, 0.1) is 5.92 Å². The molecule has 7 heteroatoms. The van der Waals surface area contributed by atoms with Crippen LogP contribution in [0, 0.1) is 19.8 Å². The maximum atomic E-state index is 12.5. The molecule has 0 saturated carbocycles. The summed E-state index contributed by atoms with van der Waals surface area (Å²) in [6.07, 6.45) is 0.188. The Labute approximate surface area is 159 Å². The second-order valence-electron chi connectivity index (χ2n) is 7.24. The molecule has 2 heterocycles. The summed E-state index contributed by atoms with van der Waals surface area (Å²) in [6.45, 7) is 8.31. The number of nitrogens with one attached hydrogen (secondary N) is 2. The smallest absolute Gasteiger partial charge is 0.243 e. The number of hydrogen-bond donors (Lipinski definition) is 2. The van der Waals surface area contributed by atoms with Crippen molar-refractivity contribution in [1.82, 2.24) is 15.4 Å². The number of aromatic nitrogens is 2. The van der Waals surface area contributed by atoms with Crippen molar-refractivity contribution in [2.75, 3.05) is 16.9 Å². The van der Waals surface area contributed by atoms with Crippen LogP contribution in [0.15, 0.2) is 30.3 Å². The molecule has 1 atom stereocenters. The lowest BCUT2D eigenvalue weighted by Gasteiger charge is -2.18. The molecule has 1 aromatic heterocycles. The molecule has 0 spiro atoms. The lowest BCUT2D eigenvalue weighted by Crippen LogP contribution is -2.37. The Kier molecular flexibility index (Phi) is 5.39. The van der Waals surface area contributed by atoms with Crippen LogP contribution in [-0.2, 0) is 9.59 Å². The van der Waals surface area contributed by atoms with Crippen molar-refractivity contribution in [3.05, 3.63) is 47.3 Å².